The maximum Gasteiger partial charge on any atom is 0.335 e. The van der Waals surface area contributed by atoms with Gasteiger partial charge >= 0.3 is 11.9 Å². The van der Waals surface area contributed by atoms with E-state index >= 15 is 0 Å². The van der Waals surface area contributed by atoms with Crippen LogP contribution in [-0.2, 0) is 6.61 Å². The summed E-state index contributed by atoms with van der Waals surface area (Å²) in [5, 5.41) is 35.7. The van der Waals surface area contributed by atoms with Crippen molar-refractivity contribution in [2.45, 2.75) is 31.8 Å². The molecule has 1 aromatic heterocycles. The largest absolute Gasteiger partial charge is 0.478 e. The highest BCUT2D eigenvalue weighted by Crippen LogP contribution is 2.38. The van der Waals surface area contributed by atoms with Gasteiger partial charge in [0.15, 0.2) is 0 Å². The zero-order valence-electron chi connectivity index (χ0n) is 12.1. The molecule has 0 bridgehead atoms. The molecule has 23 heavy (non-hydrogen) atoms. The van der Waals surface area contributed by atoms with Crippen LogP contribution in [0.25, 0.3) is 5.69 Å². The van der Waals surface area contributed by atoms with Crippen molar-refractivity contribution in [2.24, 2.45) is 0 Å². The first-order valence-electron chi connectivity index (χ1n) is 7.18. The van der Waals surface area contributed by atoms with E-state index in [1.54, 1.807) is 0 Å². The van der Waals surface area contributed by atoms with Gasteiger partial charge in [-0.25, -0.2) is 14.3 Å². The predicted octanol–water partition coefficient (Wildman–Crippen LogP) is 1.42. The first-order chi connectivity index (χ1) is 11.0. The Kier molecular flexibility index (Phi) is 3.83. The first-order valence-corrected chi connectivity index (χ1v) is 7.18. The van der Waals surface area contributed by atoms with E-state index in [9.17, 15) is 24.9 Å². The van der Waals surface area contributed by atoms with Gasteiger partial charge in [-0.2, -0.15) is 0 Å². The summed E-state index contributed by atoms with van der Waals surface area (Å²) in [6.45, 7) is -0.268. The maximum absolute atomic E-state index is 11.2. The summed E-state index contributed by atoms with van der Waals surface area (Å²) in [4.78, 5) is 22.5. The Bertz CT molecular complexity index is 747. The lowest BCUT2D eigenvalue weighted by atomic mass is 9.82. The van der Waals surface area contributed by atoms with Gasteiger partial charge in [0.25, 0.3) is 0 Å². The number of benzene rings is 1. The van der Waals surface area contributed by atoms with Crippen molar-refractivity contribution in [3.8, 4) is 5.69 Å². The molecule has 1 heterocycles. The number of carboxylic acids is 2. The van der Waals surface area contributed by atoms with Crippen LogP contribution in [0.2, 0.25) is 0 Å². The number of rotatable bonds is 5. The van der Waals surface area contributed by atoms with Crippen LogP contribution in [-0.4, -0.2) is 42.3 Å². The molecule has 1 aliphatic carbocycles. The van der Waals surface area contributed by atoms with Gasteiger partial charge in [-0.05, 0) is 31.0 Å². The Labute approximate surface area is 131 Å². The number of aromatic carboxylic acids is 2. The molecule has 1 aliphatic rings. The van der Waals surface area contributed by atoms with E-state index in [1.165, 1.54) is 16.8 Å². The molecule has 3 rings (SSSR count). The van der Waals surface area contributed by atoms with E-state index in [1.807, 2.05) is 0 Å². The van der Waals surface area contributed by atoms with Crippen LogP contribution in [0.3, 0.4) is 0 Å². The summed E-state index contributed by atoms with van der Waals surface area (Å²) >= 11 is 0. The van der Waals surface area contributed by atoms with Crippen LogP contribution in [0, 0.1) is 0 Å². The lowest BCUT2D eigenvalue weighted by Gasteiger charge is -2.26. The quantitative estimate of drug-likeness (QED) is 0.761. The Balaban J connectivity index is 2.16. The number of aromatic nitrogens is 3. The first kappa shape index (κ1) is 15.2. The normalized spacial score (nSPS) is 14.5. The molecule has 0 radical (unpaired) electrons. The maximum atomic E-state index is 11.2. The number of aliphatic hydroxyl groups is 1. The zero-order chi connectivity index (χ0) is 16.6. The van der Waals surface area contributed by atoms with Crippen molar-refractivity contribution in [3.05, 3.63) is 40.7 Å². The van der Waals surface area contributed by atoms with Gasteiger partial charge in [-0.3, -0.25) is 0 Å². The average molecular weight is 317 g/mol. The Morgan fingerprint density at radius 1 is 1.13 bits per heavy atom. The number of nitrogens with zero attached hydrogens (tertiary/aromatic N) is 3. The van der Waals surface area contributed by atoms with Gasteiger partial charge in [0.1, 0.15) is 5.69 Å². The number of aliphatic hydroxyl groups excluding tert-OH is 1. The van der Waals surface area contributed by atoms with Crippen molar-refractivity contribution in [1.29, 1.82) is 0 Å². The fourth-order valence-corrected chi connectivity index (χ4v) is 2.69. The monoisotopic (exact) mass is 317 g/mol. The molecule has 3 N–H and O–H groups in total. The van der Waals surface area contributed by atoms with Gasteiger partial charge in [-0.15, -0.1) is 5.10 Å². The van der Waals surface area contributed by atoms with Crippen LogP contribution < -0.4 is 0 Å². The summed E-state index contributed by atoms with van der Waals surface area (Å²) in [5.41, 5.74) is 1.20. The predicted molar refractivity (Wildman–Crippen MR) is 77.8 cm³/mol. The highest BCUT2D eigenvalue weighted by molar-refractivity contribution is 5.94. The molecule has 0 unspecified atom stereocenters. The molecule has 120 valence electrons. The van der Waals surface area contributed by atoms with Crippen molar-refractivity contribution >= 4 is 11.9 Å². The lowest BCUT2D eigenvalue weighted by molar-refractivity contribution is 0.0696. The number of hydrogen-bond acceptors (Lipinski definition) is 5. The van der Waals surface area contributed by atoms with Crippen LogP contribution >= 0.6 is 0 Å². The fourth-order valence-electron chi connectivity index (χ4n) is 2.69. The van der Waals surface area contributed by atoms with Crippen molar-refractivity contribution in [3.63, 3.8) is 0 Å². The molecule has 8 heteroatoms. The van der Waals surface area contributed by atoms with Crippen LogP contribution in [0.1, 0.15) is 57.3 Å². The number of carbonyl (C=O) groups is 2. The third-order valence-corrected chi connectivity index (χ3v) is 4.08. The molecular formula is C15H15N3O5. The number of carboxylic acid groups (broad SMARTS) is 2. The molecule has 8 nitrogen and oxygen atoms in total. The smallest absolute Gasteiger partial charge is 0.335 e. The molecule has 0 amide bonds. The summed E-state index contributed by atoms with van der Waals surface area (Å²) in [5.74, 6) is -2.25. The van der Waals surface area contributed by atoms with Crippen molar-refractivity contribution in [2.75, 3.05) is 0 Å². The zero-order valence-corrected chi connectivity index (χ0v) is 12.1. The van der Waals surface area contributed by atoms with Gasteiger partial charge in [0.05, 0.1) is 29.1 Å². The summed E-state index contributed by atoms with van der Waals surface area (Å²) < 4.78 is 1.44. The SMILES string of the molecule is O=C(O)c1cc(C(=O)O)cc(-n2nnc(CO)c2C2CCC2)c1. The Morgan fingerprint density at radius 2 is 1.74 bits per heavy atom. The van der Waals surface area contributed by atoms with Crippen LogP contribution in [0.4, 0.5) is 0 Å². The minimum Gasteiger partial charge on any atom is -0.478 e. The molecule has 0 atom stereocenters. The molecule has 0 aliphatic heterocycles. The fraction of sp³-hybridized carbons (Fsp3) is 0.333. The second kappa shape index (κ2) is 5.81. The van der Waals surface area contributed by atoms with Gasteiger partial charge in [0, 0.05) is 5.92 Å². The molecule has 1 aromatic carbocycles. The second-order valence-corrected chi connectivity index (χ2v) is 5.50. The van der Waals surface area contributed by atoms with E-state index in [4.69, 9.17) is 0 Å². The van der Waals surface area contributed by atoms with Crippen LogP contribution in [0.15, 0.2) is 18.2 Å². The Hall–Kier alpha value is -2.74. The highest BCUT2D eigenvalue weighted by Gasteiger charge is 2.28. The van der Waals surface area contributed by atoms with E-state index in [0.717, 1.165) is 31.0 Å². The molecule has 1 saturated carbocycles. The lowest BCUT2D eigenvalue weighted by Crippen LogP contribution is -2.16. The van der Waals surface area contributed by atoms with Gasteiger partial charge in [0.2, 0.25) is 0 Å². The van der Waals surface area contributed by atoms with E-state index in [-0.39, 0.29) is 23.7 Å². The third-order valence-electron chi connectivity index (χ3n) is 4.08. The van der Waals surface area contributed by atoms with E-state index in [0.29, 0.717) is 11.4 Å². The molecule has 1 fully saturated rings. The number of hydrogen-bond donors (Lipinski definition) is 3. The summed E-state index contributed by atoms with van der Waals surface area (Å²) in [7, 11) is 0. The molecule has 0 saturated heterocycles. The van der Waals surface area contributed by atoms with Gasteiger partial charge in [-0.1, -0.05) is 11.6 Å². The Morgan fingerprint density at radius 3 is 2.17 bits per heavy atom. The molecule has 2 aromatic rings. The van der Waals surface area contributed by atoms with Crippen molar-refractivity contribution < 1.29 is 24.9 Å². The average Bonchev–Trinajstić information content (AvgIpc) is 2.88. The standard InChI is InChI=1S/C15H15N3O5/c19-7-12-13(8-2-1-3-8)18(17-16-12)11-5-9(14(20)21)4-10(6-11)15(22)23/h4-6,8,19H,1-3,7H2,(H,20,21)(H,22,23). The van der Waals surface area contributed by atoms with Gasteiger partial charge < -0.3 is 15.3 Å². The minimum atomic E-state index is -1.22. The summed E-state index contributed by atoms with van der Waals surface area (Å²) in [6, 6.07) is 3.81. The van der Waals surface area contributed by atoms with Crippen LogP contribution in [0.5, 0.6) is 0 Å². The highest BCUT2D eigenvalue weighted by atomic mass is 16.4. The second-order valence-electron chi connectivity index (χ2n) is 5.50. The molecular weight excluding hydrogens is 302 g/mol. The van der Waals surface area contributed by atoms with E-state index < -0.39 is 11.9 Å². The minimum absolute atomic E-state index is 0.138. The third kappa shape index (κ3) is 2.68. The molecule has 0 spiro atoms. The topological polar surface area (TPSA) is 126 Å². The van der Waals surface area contributed by atoms with E-state index in [2.05, 4.69) is 10.3 Å². The summed E-state index contributed by atoms with van der Waals surface area (Å²) in [6.07, 6.45) is 2.94. The van der Waals surface area contributed by atoms with Crippen molar-refractivity contribution in [1.82, 2.24) is 15.0 Å².